The molecule has 0 atom stereocenters. The van der Waals surface area contributed by atoms with Gasteiger partial charge in [0.05, 0.1) is 18.9 Å². The number of hydrogen-bond donors (Lipinski definition) is 4. The number of aromatic hydroxyl groups is 1. The summed E-state index contributed by atoms with van der Waals surface area (Å²) in [4.78, 5) is 0. The molecule has 4 nitrogen and oxygen atoms in total. The van der Waals surface area contributed by atoms with Crippen LogP contribution in [0.5, 0.6) is 5.75 Å². The maximum absolute atomic E-state index is 8.79. The molecule has 0 bridgehead atoms. The highest BCUT2D eigenvalue weighted by molar-refractivity contribution is 5.50. The number of nitrogens with two attached hydrogens (primary N) is 1. The van der Waals surface area contributed by atoms with E-state index in [4.69, 9.17) is 21.1 Å². The molecule has 1 aromatic carbocycles. The third kappa shape index (κ3) is 8.58. The lowest BCUT2D eigenvalue weighted by Gasteiger charge is -1.92. The molecular formula is C10H17NO3. The summed E-state index contributed by atoms with van der Waals surface area (Å²) in [6.07, 6.45) is 0. The van der Waals surface area contributed by atoms with E-state index in [2.05, 4.69) is 13.2 Å². The highest BCUT2D eigenvalue weighted by atomic mass is 16.3. The van der Waals surface area contributed by atoms with Crippen LogP contribution in [0.1, 0.15) is 0 Å². The maximum atomic E-state index is 8.79. The van der Waals surface area contributed by atoms with E-state index in [1.54, 1.807) is 24.3 Å². The van der Waals surface area contributed by atoms with Gasteiger partial charge in [-0.05, 0) is 12.1 Å². The first-order chi connectivity index (χ1) is 6.72. The number of aliphatic hydroxyl groups excluding tert-OH is 2. The van der Waals surface area contributed by atoms with E-state index >= 15 is 0 Å². The minimum Gasteiger partial charge on any atom is -0.506 e. The summed E-state index contributed by atoms with van der Waals surface area (Å²) in [6, 6.07) is 6.70. The molecule has 1 rings (SSSR count). The molecule has 0 spiro atoms. The van der Waals surface area contributed by atoms with E-state index in [1.807, 2.05) is 0 Å². The van der Waals surface area contributed by atoms with Crippen LogP contribution in [0.4, 0.5) is 5.69 Å². The fourth-order valence-electron chi connectivity index (χ4n) is 0.488. The number of hydrogen-bond acceptors (Lipinski definition) is 4. The van der Waals surface area contributed by atoms with Gasteiger partial charge in [-0.15, -0.1) is 13.2 Å². The highest BCUT2D eigenvalue weighted by Gasteiger charge is 1.87. The van der Waals surface area contributed by atoms with Crippen LogP contribution < -0.4 is 5.73 Å². The number of aliphatic hydroxyl groups is 2. The second-order valence-electron chi connectivity index (χ2n) is 2.01. The van der Waals surface area contributed by atoms with Crippen molar-refractivity contribution in [3.05, 3.63) is 37.4 Å². The average Bonchev–Trinajstić information content (AvgIpc) is 2.26. The van der Waals surface area contributed by atoms with E-state index in [-0.39, 0.29) is 19.0 Å². The van der Waals surface area contributed by atoms with Crippen LogP contribution in [-0.2, 0) is 0 Å². The third-order valence-electron chi connectivity index (χ3n) is 1.04. The van der Waals surface area contributed by atoms with Crippen molar-refractivity contribution in [1.82, 2.24) is 0 Å². The summed E-state index contributed by atoms with van der Waals surface area (Å²) >= 11 is 0. The van der Waals surface area contributed by atoms with Gasteiger partial charge in [0.15, 0.2) is 0 Å². The number of phenols is 1. The third-order valence-corrected chi connectivity index (χ3v) is 1.04. The SMILES string of the molecule is C=C.Nc1ccccc1O.OCCO. The molecule has 5 N–H and O–H groups in total. The average molecular weight is 199 g/mol. The van der Waals surface area contributed by atoms with Crippen molar-refractivity contribution in [2.24, 2.45) is 0 Å². The molecule has 4 heteroatoms. The van der Waals surface area contributed by atoms with Crippen molar-refractivity contribution in [2.75, 3.05) is 18.9 Å². The Balaban J connectivity index is 0. The lowest BCUT2D eigenvalue weighted by atomic mass is 10.3. The van der Waals surface area contributed by atoms with Crippen molar-refractivity contribution >= 4 is 5.69 Å². The molecule has 0 saturated carbocycles. The quantitative estimate of drug-likeness (QED) is 0.305. The second-order valence-corrected chi connectivity index (χ2v) is 2.01. The lowest BCUT2D eigenvalue weighted by Crippen LogP contribution is -1.85. The van der Waals surface area contributed by atoms with Gasteiger partial charge >= 0.3 is 0 Å². The summed E-state index contributed by atoms with van der Waals surface area (Å²) < 4.78 is 0. The van der Waals surface area contributed by atoms with Gasteiger partial charge in [0.1, 0.15) is 5.75 Å². The highest BCUT2D eigenvalue weighted by Crippen LogP contribution is 2.16. The summed E-state index contributed by atoms with van der Waals surface area (Å²) in [5.74, 6) is 0.146. The molecule has 1 aromatic rings. The van der Waals surface area contributed by atoms with Gasteiger partial charge in [-0.3, -0.25) is 0 Å². The summed E-state index contributed by atoms with van der Waals surface area (Å²) in [7, 11) is 0. The van der Waals surface area contributed by atoms with E-state index in [0.717, 1.165) is 0 Å². The molecule has 0 amide bonds. The Morgan fingerprint density at radius 1 is 1.07 bits per heavy atom. The normalized spacial score (nSPS) is 7.57. The molecule has 0 saturated heterocycles. The standard InChI is InChI=1S/C6H7NO.C2H6O2.C2H4/c7-5-3-1-2-4-6(5)8;3-1-2-4;1-2/h1-4,8H,7H2;3-4H,1-2H2;1-2H2. The minimum absolute atomic E-state index is 0.125. The van der Waals surface area contributed by atoms with Gasteiger partial charge in [0, 0.05) is 0 Å². The molecule has 0 aliphatic heterocycles. The van der Waals surface area contributed by atoms with Gasteiger partial charge in [0.2, 0.25) is 0 Å². The molecule has 0 fully saturated rings. The van der Waals surface area contributed by atoms with E-state index in [9.17, 15) is 0 Å². The maximum Gasteiger partial charge on any atom is 0.138 e. The Labute approximate surface area is 83.9 Å². The largest absolute Gasteiger partial charge is 0.506 e. The van der Waals surface area contributed by atoms with Crippen LogP contribution in [0.15, 0.2) is 37.4 Å². The molecule has 80 valence electrons. The second kappa shape index (κ2) is 11.5. The summed E-state index contributed by atoms with van der Waals surface area (Å²) in [5, 5.41) is 24.0. The lowest BCUT2D eigenvalue weighted by molar-refractivity contribution is 0.186. The van der Waals surface area contributed by atoms with E-state index in [1.165, 1.54) is 0 Å². The van der Waals surface area contributed by atoms with E-state index in [0.29, 0.717) is 5.69 Å². The molecule has 0 aliphatic rings. The van der Waals surface area contributed by atoms with Gasteiger partial charge in [-0.2, -0.15) is 0 Å². The Morgan fingerprint density at radius 3 is 1.71 bits per heavy atom. The molecule has 0 radical (unpaired) electrons. The molecule has 14 heavy (non-hydrogen) atoms. The smallest absolute Gasteiger partial charge is 0.138 e. The predicted molar refractivity (Wildman–Crippen MR) is 57.9 cm³/mol. The van der Waals surface area contributed by atoms with Crippen LogP contribution in [0.3, 0.4) is 0 Å². The topological polar surface area (TPSA) is 86.7 Å². The Bertz CT molecular complexity index is 205. The summed E-state index contributed by atoms with van der Waals surface area (Å²) in [6.45, 7) is 5.75. The van der Waals surface area contributed by atoms with Crippen molar-refractivity contribution < 1.29 is 15.3 Å². The Hall–Kier alpha value is -1.52. The molecular weight excluding hydrogens is 182 g/mol. The molecule has 0 aliphatic carbocycles. The monoisotopic (exact) mass is 199 g/mol. The fourth-order valence-corrected chi connectivity index (χ4v) is 0.488. The molecule has 0 heterocycles. The van der Waals surface area contributed by atoms with Crippen LogP contribution in [0, 0.1) is 0 Å². The van der Waals surface area contributed by atoms with Crippen molar-refractivity contribution in [2.45, 2.75) is 0 Å². The minimum atomic E-state index is -0.125. The number of rotatable bonds is 1. The molecule has 0 aromatic heterocycles. The van der Waals surface area contributed by atoms with Gasteiger partial charge < -0.3 is 21.1 Å². The van der Waals surface area contributed by atoms with Crippen LogP contribution in [0.2, 0.25) is 0 Å². The van der Waals surface area contributed by atoms with Crippen LogP contribution >= 0.6 is 0 Å². The van der Waals surface area contributed by atoms with Gasteiger partial charge in [-0.1, -0.05) is 12.1 Å². The number of anilines is 1. The summed E-state index contributed by atoms with van der Waals surface area (Å²) in [5.41, 5.74) is 5.69. The van der Waals surface area contributed by atoms with Crippen molar-refractivity contribution in [3.63, 3.8) is 0 Å². The van der Waals surface area contributed by atoms with Crippen molar-refractivity contribution in [1.29, 1.82) is 0 Å². The first kappa shape index (κ1) is 15.0. The zero-order chi connectivity index (χ0) is 11.4. The van der Waals surface area contributed by atoms with Crippen LogP contribution in [-0.4, -0.2) is 28.5 Å². The van der Waals surface area contributed by atoms with E-state index < -0.39 is 0 Å². The zero-order valence-electron chi connectivity index (χ0n) is 8.06. The Kier molecular flexibility index (Phi) is 12.3. The number of benzene rings is 1. The number of nitrogen functional groups attached to an aromatic ring is 1. The first-order valence-corrected chi connectivity index (χ1v) is 3.97. The number of phenolic OH excluding ortho intramolecular Hbond substituents is 1. The molecule has 0 unspecified atom stereocenters. The Morgan fingerprint density at radius 2 is 1.50 bits per heavy atom. The van der Waals surface area contributed by atoms with Gasteiger partial charge in [0.25, 0.3) is 0 Å². The fraction of sp³-hybridized carbons (Fsp3) is 0.200. The first-order valence-electron chi connectivity index (χ1n) is 3.97. The predicted octanol–water partition coefficient (Wildman–Crippen LogP) is 0.748. The zero-order valence-corrected chi connectivity index (χ0v) is 8.06. The van der Waals surface area contributed by atoms with Gasteiger partial charge in [-0.25, -0.2) is 0 Å². The van der Waals surface area contributed by atoms with Crippen LogP contribution in [0.25, 0.3) is 0 Å². The number of para-hydroxylation sites is 2. The van der Waals surface area contributed by atoms with Crippen molar-refractivity contribution in [3.8, 4) is 5.75 Å².